The van der Waals surface area contributed by atoms with Crippen molar-refractivity contribution in [3.8, 4) is 0 Å². The van der Waals surface area contributed by atoms with Gasteiger partial charge in [0.15, 0.2) is 0 Å². The molecule has 0 atom stereocenters. The Bertz CT molecular complexity index is 401. The molecular formula is C17H26N2. The second-order valence-corrected chi connectivity index (χ2v) is 6.33. The summed E-state index contributed by atoms with van der Waals surface area (Å²) in [7, 11) is 2.22. The summed E-state index contributed by atoms with van der Waals surface area (Å²) in [4.78, 5) is 2.42. The molecule has 0 aromatic heterocycles. The van der Waals surface area contributed by atoms with E-state index in [-0.39, 0.29) is 0 Å². The highest BCUT2D eigenvalue weighted by molar-refractivity contribution is 5.47. The number of piperidine rings is 1. The molecule has 19 heavy (non-hydrogen) atoms. The lowest BCUT2D eigenvalue weighted by Crippen LogP contribution is -2.36. The van der Waals surface area contributed by atoms with Crippen molar-refractivity contribution in [2.45, 2.75) is 50.5 Å². The first-order valence-electron chi connectivity index (χ1n) is 7.86. The average molecular weight is 258 g/mol. The summed E-state index contributed by atoms with van der Waals surface area (Å²) in [5.74, 6) is 0.819. The van der Waals surface area contributed by atoms with Crippen LogP contribution in [-0.2, 0) is 0 Å². The van der Waals surface area contributed by atoms with Gasteiger partial charge in [0, 0.05) is 11.7 Å². The van der Waals surface area contributed by atoms with Gasteiger partial charge in [0.25, 0.3) is 0 Å². The van der Waals surface area contributed by atoms with Crippen molar-refractivity contribution in [1.82, 2.24) is 4.90 Å². The Kier molecular flexibility index (Phi) is 4.07. The molecule has 2 nitrogen and oxygen atoms in total. The zero-order valence-electron chi connectivity index (χ0n) is 12.1. The third kappa shape index (κ3) is 3.30. The Morgan fingerprint density at radius 3 is 2.53 bits per heavy atom. The molecule has 0 spiro atoms. The third-order valence-corrected chi connectivity index (χ3v) is 4.80. The largest absolute Gasteiger partial charge is 0.382 e. The maximum atomic E-state index is 3.74. The molecular weight excluding hydrogens is 232 g/mol. The Hall–Kier alpha value is -1.02. The van der Waals surface area contributed by atoms with Gasteiger partial charge in [-0.2, -0.15) is 0 Å². The number of nitrogens with one attached hydrogen (secondary N) is 1. The van der Waals surface area contributed by atoms with E-state index < -0.39 is 0 Å². The fourth-order valence-electron chi connectivity index (χ4n) is 3.53. The summed E-state index contributed by atoms with van der Waals surface area (Å²) in [5, 5.41) is 3.74. The lowest BCUT2D eigenvalue weighted by atomic mass is 9.97. The summed E-state index contributed by atoms with van der Waals surface area (Å²) in [5.41, 5.74) is 2.88. The normalized spacial score (nSPS) is 22.8. The highest BCUT2D eigenvalue weighted by Gasteiger charge is 2.19. The molecule has 1 heterocycles. The monoisotopic (exact) mass is 258 g/mol. The number of hydrogen-bond acceptors (Lipinski definition) is 2. The fourth-order valence-corrected chi connectivity index (χ4v) is 3.53. The molecule has 1 saturated carbocycles. The molecule has 2 fully saturated rings. The van der Waals surface area contributed by atoms with Crippen molar-refractivity contribution >= 4 is 5.69 Å². The van der Waals surface area contributed by atoms with E-state index in [2.05, 4.69) is 41.5 Å². The number of rotatable bonds is 3. The Morgan fingerprint density at radius 2 is 1.79 bits per heavy atom. The standard InChI is InChI=1S/C17H26N2/c1-19-11-9-16(10-12-19)18-17-8-4-7-15(13-17)14-5-2-3-6-14/h4,7-8,13-14,16,18H,2-3,5-6,9-12H2,1H3. The first kappa shape index (κ1) is 13.0. The summed E-state index contributed by atoms with van der Waals surface area (Å²) in [6.07, 6.45) is 8.14. The first-order valence-corrected chi connectivity index (χ1v) is 7.86. The summed E-state index contributed by atoms with van der Waals surface area (Å²) < 4.78 is 0. The molecule has 1 aliphatic carbocycles. The predicted molar refractivity (Wildman–Crippen MR) is 81.8 cm³/mol. The topological polar surface area (TPSA) is 15.3 Å². The maximum Gasteiger partial charge on any atom is 0.0345 e. The lowest BCUT2D eigenvalue weighted by Gasteiger charge is -2.30. The Labute approximate surface area is 117 Å². The van der Waals surface area contributed by atoms with Crippen LogP contribution < -0.4 is 5.32 Å². The van der Waals surface area contributed by atoms with Crippen LogP contribution in [0, 0.1) is 0 Å². The Balaban J connectivity index is 1.62. The van der Waals surface area contributed by atoms with Crippen molar-refractivity contribution in [2.24, 2.45) is 0 Å². The predicted octanol–water partition coefficient (Wildman–Crippen LogP) is 3.85. The van der Waals surface area contributed by atoms with Gasteiger partial charge in [-0.05, 0) is 69.4 Å². The van der Waals surface area contributed by atoms with Crippen molar-refractivity contribution < 1.29 is 0 Å². The molecule has 0 radical (unpaired) electrons. The molecule has 1 N–H and O–H groups in total. The van der Waals surface area contributed by atoms with Crippen LogP contribution in [0.25, 0.3) is 0 Å². The van der Waals surface area contributed by atoms with Gasteiger partial charge in [0.05, 0.1) is 0 Å². The van der Waals surface area contributed by atoms with Gasteiger partial charge in [-0.25, -0.2) is 0 Å². The van der Waals surface area contributed by atoms with Crippen LogP contribution in [0.3, 0.4) is 0 Å². The highest BCUT2D eigenvalue weighted by atomic mass is 15.1. The molecule has 1 saturated heterocycles. The van der Waals surface area contributed by atoms with Crippen molar-refractivity contribution in [1.29, 1.82) is 0 Å². The fraction of sp³-hybridized carbons (Fsp3) is 0.647. The summed E-state index contributed by atoms with van der Waals surface area (Å²) in [6.45, 7) is 2.44. The second-order valence-electron chi connectivity index (χ2n) is 6.33. The van der Waals surface area contributed by atoms with E-state index >= 15 is 0 Å². The minimum Gasteiger partial charge on any atom is -0.382 e. The molecule has 2 heteroatoms. The van der Waals surface area contributed by atoms with Gasteiger partial charge in [-0.15, -0.1) is 0 Å². The van der Waals surface area contributed by atoms with E-state index in [9.17, 15) is 0 Å². The van der Waals surface area contributed by atoms with Crippen LogP contribution in [0.5, 0.6) is 0 Å². The first-order chi connectivity index (χ1) is 9.31. The van der Waals surface area contributed by atoms with Gasteiger partial charge in [0.1, 0.15) is 0 Å². The summed E-state index contributed by atoms with van der Waals surface area (Å²) in [6, 6.07) is 9.83. The second kappa shape index (κ2) is 5.96. The molecule has 0 amide bonds. The van der Waals surface area contributed by atoms with E-state index in [4.69, 9.17) is 0 Å². The van der Waals surface area contributed by atoms with Crippen molar-refractivity contribution in [3.63, 3.8) is 0 Å². The quantitative estimate of drug-likeness (QED) is 0.886. The number of benzene rings is 1. The van der Waals surface area contributed by atoms with Gasteiger partial charge in [-0.3, -0.25) is 0 Å². The van der Waals surface area contributed by atoms with E-state index in [0.717, 1.165) is 5.92 Å². The molecule has 1 aromatic carbocycles. The average Bonchev–Trinajstić information content (AvgIpc) is 2.96. The lowest BCUT2D eigenvalue weighted by molar-refractivity contribution is 0.264. The number of likely N-dealkylation sites (tertiary alicyclic amines) is 1. The molecule has 0 bridgehead atoms. The van der Waals surface area contributed by atoms with E-state index in [1.165, 1.54) is 57.3 Å². The number of nitrogens with zero attached hydrogens (tertiary/aromatic N) is 1. The zero-order chi connectivity index (χ0) is 13.1. The van der Waals surface area contributed by atoms with Crippen LogP contribution in [0.2, 0.25) is 0 Å². The molecule has 1 aromatic rings. The minimum absolute atomic E-state index is 0.662. The molecule has 2 aliphatic rings. The van der Waals surface area contributed by atoms with Gasteiger partial charge >= 0.3 is 0 Å². The molecule has 0 unspecified atom stereocenters. The smallest absolute Gasteiger partial charge is 0.0345 e. The van der Waals surface area contributed by atoms with Gasteiger partial charge in [0.2, 0.25) is 0 Å². The van der Waals surface area contributed by atoms with Crippen molar-refractivity contribution in [3.05, 3.63) is 29.8 Å². The van der Waals surface area contributed by atoms with Crippen LogP contribution in [0.15, 0.2) is 24.3 Å². The van der Waals surface area contributed by atoms with Crippen LogP contribution in [-0.4, -0.2) is 31.1 Å². The zero-order valence-corrected chi connectivity index (χ0v) is 12.1. The highest BCUT2D eigenvalue weighted by Crippen LogP contribution is 2.35. The van der Waals surface area contributed by atoms with Crippen LogP contribution in [0.1, 0.15) is 50.0 Å². The van der Waals surface area contributed by atoms with Crippen LogP contribution >= 0.6 is 0 Å². The van der Waals surface area contributed by atoms with E-state index in [1.54, 1.807) is 5.56 Å². The van der Waals surface area contributed by atoms with E-state index in [1.807, 2.05) is 0 Å². The van der Waals surface area contributed by atoms with E-state index in [0.29, 0.717) is 6.04 Å². The van der Waals surface area contributed by atoms with Crippen molar-refractivity contribution in [2.75, 3.05) is 25.5 Å². The molecule has 3 rings (SSSR count). The maximum absolute atomic E-state index is 3.74. The number of hydrogen-bond donors (Lipinski definition) is 1. The minimum atomic E-state index is 0.662. The SMILES string of the molecule is CN1CCC(Nc2cccc(C3CCCC3)c2)CC1. The summed E-state index contributed by atoms with van der Waals surface area (Å²) >= 11 is 0. The third-order valence-electron chi connectivity index (χ3n) is 4.80. The Morgan fingerprint density at radius 1 is 1.05 bits per heavy atom. The molecule has 1 aliphatic heterocycles. The van der Waals surface area contributed by atoms with Gasteiger partial charge in [-0.1, -0.05) is 25.0 Å². The van der Waals surface area contributed by atoms with Crippen LogP contribution in [0.4, 0.5) is 5.69 Å². The molecule has 104 valence electrons. The van der Waals surface area contributed by atoms with Gasteiger partial charge < -0.3 is 10.2 Å². The number of anilines is 1.